The van der Waals surface area contributed by atoms with Gasteiger partial charge >= 0.3 is 0 Å². The van der Waals surface area contributed by atoms with E-state index in [0.717, 1.165) is 19.6 Å². The zero-order valence-corrected chi connectivity index (χ0v) is 10.3. The minimum atomic E-state index is -0.172. The average molecular weight is 227 g/mol. The first-order valence-corrected chi connectivity index (χ1v) is 5.64. The third-order valence-corrected chi connectivity index (χ3v) is 2.92. The van der Waals surface area contributed by atoms with Crippen LogP contribution in [0.25, 0.3) is 0 Å². The lowest BCUT2D eigenvalue weighted by Crippen LogP contribution is -2.54. The monoisotopic (exact) mass is 227 g/mol. The number of Topliss-reactive ketones (excluding diaryl/α,β-unsaturated/α-hetero) is 1. The third kappa shape index (κ3) is 4.28. The highest BCUT2D eigenvalue weighted by atomic mass is 16.2. The molecule has 0 aromatic heterocycles. The van der Waals surface area contributed by atoms with Crippen molar-refractivity contribution in [1.82, 2.24) is 15.1 Å². The van der Waals surface area contributed by atoms with Crippen molar-refractivity contribution in [2.24, 2.45) is 0 Å². The molecule has 5 nitrogen and oxygen atoms in total. The number of piperazine rings is 1. The van der Waals surface area contributed by atoms with Gasteiger partial charge in [-0.15, -0.1) is 0 Å². The van der Waals surface area contributed by atoms with Gasteiger partial charge in [0.1, 0.15) is 5.78 Å². The summed E-state index contributed by atoms with van der Waals surface area (Å²) in [4.78, 5) is 26.6. The van der Waals surface area contributed by atoms with Gasteiger partial charge in [-0.25, -0.2) is 0 Å². The number of ketones is 1. The van der Waals surface area contributed by atoms with Crippen LogP contribution in [0.15, 0.2) is 0 Å². The van der Waals surface area contributed by atoms with Crippen LogP contribution in [0.5, 0.6) is 0 Å². The van der Waals surface area contributed by atoms with Crippen molar-refractivity contribution in [3.8, 4) is 0 Å². The molecule has 0 spiro atoms. The van der Waals surface area contributed by atoms with E-state index in [1.165, 1.54) is 6.92 Å². The largest absolute Gasteiger partial charge is 0.354 e. The van der Waals surface area contributed by atoms with E-state index >= 15 is 0 Å². The minimum absolute atomic E-state index is 0.00767. The van der Waals surface area contributed by atoms with Crippen LogP contribution < -0.4 is 5.32 Å². The fraction of sp³-hybridized carbons (Fsp3) is 0.818. The molecule has 1 heterocycles. The minimum Gasteiger partial charge on any atom is -0.354 e. The lowest BCUT2D eigenvalue weighted by Gasteiger charge is -2.37. The molecular formula is C11H21N3O2. The Morgan fingerprint density at radius 3 is 2.62 bits per heavy atom. The molecule has 5 heteroatoms. The van der Waals surface area contributed by atoms with Crippen molar-refractivity contribution in [1.29, 1.82) is 0 Å². The fourth-order valence-corrected chi connectivity index (χ4v) is 1.84. The van der Waals surface area contributed by atoms with Gasteiger partial charge < -0.3 is 10.2 Å². The van der Waals surface area contributed by atoms with E-state index in [4.69, 9.17) is 0 Å². The van der Waals surface area contributed by atoms with Gasteiger partial charge in [-0.3, -0.25) is 14.5 Å². The smallest absolute Gasteiger partial charge is 0.227 e. The van der Waals surface area contributed by atoms with Gasteiger partial charge in [-0.2, -0.15) is 0 Å². The van der Waals surface area contributed by atoms with E-state index in [-0.39, 0.29) is 18.1 Å². The molecule has 16 heavy (non-hydrogen) atoms. The Kier molecular flexibility index (Phi) is 4.89. The molecular weight excluding hydrogens is 206 g/mol. The summed E-state index contributed by atoms with van der Waals surface area (Å²) in [7, 11) is 4.15. The van der Waals surface area contributed by atoms with Gasteiger partial charge in [0.2, 0.25) is 5.91 Å². The summed E-state index contributed by atoms with van der Waals surface area (Å²) in [5.74, 6) is -0.263. The summed E-state index contributed by atoms with van der Waals surface area (Å²) in [6, 6.07) is 0.342. The molecule has 1 amide bonds. The van der Waals surface area contributed by atoms with Crippen LogP contribution in [0, 0.1) is 0 Å². The fourth-order valence-electron chi connectivity index (χ4n) is 1.84. The SMILES string of the molecule is CC(=O)CC(=O)NCC1CN(C)CCN1C. The maximum Gasteiger partial charge on any atom is 0.227 e. The summed E-state index contributed by atoms with van der Waals surface area (Å²) in [5, 5.41) is 2.81. The second-order valence-electron chi connectivity index (χ2n) is 4.58. The van der Waals surface area contributed by atoms with E-state index in [1.807, 2.05) is 0 Å². The van der Waals surface area contributed by atoms with Crippen LogP contribution in [-0.4, -0.2) is 67.8 Å². The number of likely N-dealkylation sites (N-methyl/N-ethyl adjacent to an activating group) is 2. The molecule has 0 aromatic rings. The predicted octanol–water partition coefficient (Wildman–Crippen LogP) is -0.672. The van der Waals surface area contributed by atoms with Gasteiger partial charge in [0.15, 0.2) is 0 Å². The Bertz CT molecular complexity index is 268. The van der Waals surface area contributed by atoms with E-state index in [2.05, 4.69) is 29.2 Å². The molecule has 1 aliphatic heterocycles. The van der Waals surface area contributed by atoms with Crippen LogP contribution in [0.4, 0.5) is 0 Å². The zero-order valence-electron chi connectivity index (χ0n) is 10.3. The second-order valence-corrected chi connectivity index (χ2v) is 4.58. The highest BCUT2D eigenvalue weighted by Crippen LogP contribution is 2.04. The van der Waals surface area contributed by atoms with Crippen LogP contribution in [-0.2, 0) is 9.59 Å². The van der Waals surface area contributed by atoms with Gasteiger partial charge in [-0.05, 0) is 21.0 Å². The lowest BCUT2D eigenvalue weighted by atomic mass is 10.2. The number of nitrogens with one attached hydrogen (secondary N) is 1. The molecule has 0 bridgehead atoms. The summed E-state index contributed by atoms with van der Waals surface area (Å²) >= 11 is 0. The van der Waals surface area contributed by atoms with Crippen LogP contribution in [0.1, 0.15) is 13.3 Å². The van der Waals surface area contributed by atoms with Gasteiger partial charge in [-0.1, -0.05) is 0 Å². The molecule has 0 saturated carbocycles. The summed E-state index contributed by atoms with van der Waals surface area (Å²) < 4.78 is 0. The first-order valence-electron chi connectivity index (χ1n) is 5.64. The number of carbonyl (C=O) groups excluding carboxylic acids is 2. The van der Waals surface area contributed by atoms with Crippen LogP contribution >= 0.6 is 0 Å². The quantitative estimate of drug-likeness (QED) is 0.647. The number of carbonyl (C=O) groups is 2. The van der Waals surface area contributed by atoms with Gasteiger partial charge in [0.25, 0.3) is 0 Å². The average Bonchev–Trinajstić information content (AvgIpc) is 2.18. The highest BCUT2D eigenvalue weighted by Gasteiger charge is 2.22. The van der Waals surface area contributed by atoms with E-state index < -0.39 is 0 Å². The number of hydrogen-bond acceptors (Lipinski definition) is 4. The maximum atomic E-state index is 11.3. The number of nitrogens with zero attached hydrogens (tertiary/aromatic N) is 2. The molecule has 1 aliphatic rings. The van der Waals surface area contributed by atoms with Gasteiger partial charge in [0.05, 0.1) is 6.42 Å². The Balaban J connectivity index is 2.30. The molecule has 1 rings (SSSR count). The number of rotatable bonds is 4. The topological polar surface area (TPSA) is 52.7 Å². The zero-order chi connectivity index (χ0) is 12.1. The molecule has 1 fully saturated rings. The van der Waals surface area contributed by atoms with Gasteiger partial charge in [0, 0.05) is 32.2 Å². The molecule has 1 atom stereocenters. The Morgan fingerprint density at radius 1 is 1.31 bits per heavy atom. The molecule has 0 aromatic carbocycles. The van der Waals surface area contributed by atoms with Crippen molar-refractivity contribution < 1.29 is 9.59 Å². The molecule has 0 radical (unpaired) electrons. The lowest BCUT2D eigenvalue weighted by molar-refractivity contribution is -0.127. The van der Waals surface area contributed by atoms with Crippen molar-refractivity contribution >= 4 is 11.7 Å². The second kappa shape index (κ2) is 5.96. The Labute approximate surface area is 96.8 Å². The van der Waals surface area contributed by atoms with Crippen molar-refractivity contribution in [3.63, 3.8) is 0 Å². The molecule has 1 N–H and O–H groups in total. The predicted molar refractivity (Wildman–Crippen MR) is 62.2 cm³/mol. The summed E-state index contributed by atoms with van der Waals surface area (Å²) in [6.45, 7) is 5.09. The van der Waals surface area contributed by atoms with Crippen molar-refractivity contribution in [2.45, 2.75) is 19.4 Å². The maximum absolute atomic E-state index is 11.3. The van der Waals surface area contributed by atoms with Crippen molar-refractivity contribution in [2.75, 3.05) is 40.3 Å². The van der Waals surface area contributed by atoms with Crippen LogP contribution in [0.2, 0.25) is 0 Å². The number of hydrogen-bond donors (Lipinski definition) is 1. The molecule has 1 saturated heterocycles. The molecule has 1 unspecified atom stereocenters. The standard InChI is InChI=1S/C11H21N3O2/c1-9(15)6-11(16)12-7-10-8-13(2)4-5-14(10)3/h10H,4-8H2,1-3H3,(H,12,16). The molecule has 0 aliphatic carbocycles. The van der Waals surface area contributed by atoms with E-state index in [0.29, 0.717) is 12.6 Å². The summed E-state index contributed by atoms with van der Waals surface area (Å²) in [6.07, 6.45) is -0.00767. The normalized spacial score (nSPS) is 23.1. The highest BCUT2D eigenvalue weighted by molar-refractivity contribution is 5.96. The van der Waals surface area contributed by atoms with Crippen molar-refractivity contribution in [3.05, 3.63) is 0 Å². The van der Waals surface area contributed by atoms with E-state index in [1.54, 1.807) is 0 Å². The first kappa shape index (κ1) is 13.1. The Morgan fingerprint density at radius 2 is 2.00 bits per heavy atom. The summed E-state index contributed by atoms with van der Waals surface area (Å²) in [5.41, 5.74) is 0. The Hall–Kier alpha value is -0.940. The number of amides is 1. The third-order valence-electron chi connectivity index (χ3n) is 2.92. The van der Waals surface area contributed by atoms with E-state index in [9.17, 15) is 9.59 Å². The molecule has 92 valence electrons. The first-order chi connectivity index (χ1) is 7.49. The van der Waals surface area contributed by atoms with Crippen LogP contribution in [0.3, 0.4) is 0 Å².